The zero-order valence-corrected chi connectivity index (χ0v) is 22.8. The lowest BCUT2D eigenvalue weighted by atomic mass is 9.77. The van der Waals surface area contributed by atoms with Crippen LogP contribution >= 0.6 is 0 Å². The Kier molecular flexibility index (Phi) is 6.43. The van der Waals surface area contributed by atoms with Crippen molar-refractivity contribution in [2.75, 3.05) is 6.79 Å². The SMILES string of the molecule is O=[N+]([O-])c1cc2c(/C=C/c3ccc4c(c3)OCO4)nn(C(c3ccccc3)(c3ccccc3)c3ccccc3)c2cc1F. The molecule has 43 heavy (non-hydrogen) atoms. The van der Waals surface area contributed by atoms with E-state index in [-0.39, 0.29) is 6.79 Å². The summed E-state index contributed by atoms with van der Waals surface area (Å²) >= 11 is 0. The molecule has 2 heterocycles. The third-order valence-electron chi connectivity index (χ3n) is 7.70. The summed E-state index contributed by atoms with van der Waals surface area (Å²) in [4.78, 5) is 11.1. The van der Waals surface area contributed by atoms with Crippen molar-refractivity contribution in [2.45, 2.75) is 5.54 Å². The van der Waals surface area contributed by atoms with Crippen LogP contribution < -0.4 is 9.47 Å². The smallest absolute Gasteiger partial charge is 0.305 e. The highest BCUT2D eigenvalue weighted by atomic mass is 19.1. The Hall–Kier alpha value is -5.76. The van der Waals surface area contributed by atoms with Gasteiger partial charge in [0, 0.05) is 17.5 Å². The normalized spacial score (nSPS) is 12.7. The van der Waals surface area contributed by atoms with Crippen LogP contribution in [-0.2, 0) is 5.54 Å². The predicted octanol–water partition coefficient (Wildman–Crippen LogP) is 7.82. The third-order valence-corrected chi connectivity index (χ3v) is 7.70. The topological polar surface area (TPSA) is 79.4 Å². The van der Waals surface area contributed by atoms with Gasteiger partial charge in [0.2, 0.25) is 12.6 Å². The summed E-state index contributed by atoms with van der Waals surface area (Å²) in [6.07, 6.45) is 3.63. The Labute approximate surface area is 246 Å². The summed E-state index contributed by atoms with van der Waals surface area (Å²) in [6, 6.07) is 37.6. The summed E-state index contributed by atoms with van der Waals surface area (Å²) in [5, 5.41) is 17.4. The fourth-order valence-electron chi connectivity index (χ4n) is 5.76. The molecule has 0 spiro atoms. The van der Waals surface area contributed by atoms with Crippen LogP contribution in [0.15, 0.2) is 121 Å². The number of nitro benzene ring substituents is 1. The van der Waals surface area contributed by atoms with Gasteiger partial charge < -0.3 is 9.47 Å². The highest BCUT2D eigenvalue weighted by molar-refractivity contribution is 5.92. The van der Waals surface area contributed by atoms with Crippen LogP contribution in [0.4, 0.5) is 10.1 Å². The van der Waals surface area contributed by atoms with Gasteiger partial charge in [0.25, 0.3) is 0 Å². The second kappa shape index (κ2) is 10.6. The van der Waals surface area contributed by atoms with Gasteiger partial charge >= 0.3 is 5.69 Å². The van der Waals surface area contributed by atoms with Crippen LogP contribution in [0.5, 0.6) is 11.5 Å². The molecule has 7 rings (SSSR count). The molecular weight excluding hydrogens is 545 g/mol. The average Bonchev–Trinajstić information content (AvgIpc) is 3.66. The van der Waals surface area contributed by atoms with Crippen LogP contribution in [0.3, 0.4) is 0 Å². The van der Waals surface area contributed by atoms with Crippen molar-refractivity contribution in [3.63, 3.8) is 0 Å². The molecule has 0 fully saturated rings. The van der Waals surface area contributed by atoms with Gasteiger partial charge in [-0.25, -0.2) is 4.68 Å². The molecule has 0 bridgehead atoms. The molecule has 0 unspecified atom stereocenters. The van der Waals surface area contributed by atoms with Gasteiger partial charge in [-0.15, -0.1) is 0 Å². The molecule has 0 N–H and O–H groups in total. The molecule has 1 aromatic heterocycles. The second-order valence-electron chi connectivity index (χ2n) is 10.1. The number of hydrogen-bond acceptors (Lipinski definition) is 5. The molecule has 6 aromatic rings. The molecule has 0 amide bonds. The van der Waals surface area contributed by atoms with Gasteiger partial charge in [0.15, 0.2) is 11.5 Å². The van der Waals surface area contributed by atoms with Crippen molar-refractivity contribution >= 4 is 28.7 Å². The zero-order chi connectivity index (χ0) is 29.4. The quantitative estimate of drug-likeness (QED) is 0.111. The van der Waals surface area contributed by atoms with E-state index in [0.29, 0.717) is 28.1 Å². The number of benzene rings is 5. The van der Waals surface area contributed by atoms with Crippen LogP contribution in [0.2, 0.25) is 0 Å². The van der Waals surface area contributed by atoms with Gasteiger partial charge in [-0.05, 0) is 40.5 Å². The molecule has 8 heteroatoms. The van der Waals surface area contributed by atoms with E-state index in [4.69, 9.17) is 14.6 Å². The van der Waals surface area contributed by atoms with Crippen LogP contribution in [-0.4, -0.2) is 21.5 Å². The molecule has 5 aromatic carbocycles. The summed E-state index contributed by atoms with van der Waals surface area (Å²) in [7, 11) is 0. The van der Waals surface area contributed by atoms with Crippen molar-refractivity contribution in [3.05, 3.63) is 165 Å². The van der Waals surface area contributed by atoms with Crippen LogP contribution in [0.1, 0.15) is 27.9 Å². The minimum Gasteiger partial charge on any atom is -0.454 e. The zero-order valence-electron chi connectivity index (χ0n) is 22.8. The van der Waals surface area contributed by atoms with E-state index in [0.717, 1.165) is 22.3 Å². The van der Waals surface area contributed by atoms with E-state index in [2.05, 4.69) is 0 Å². The van der Waals surface area contributed by atoms with E-state index < -0.39 is 22.0 Å². The molecule has 1 aliphatic heterocycles. The minimum absolute atomic E-state index is 0.160. The number of ether oxygens (including phenoxy) is 2. The number of rotatable bonds is 7. The molecule has 0 saturated heterocycles. The number of aromatic nitrogens is 2. The van der Waals surface area contributed by atoms with Gasteiger partial charge in [0.05, 0.1) is 16.1 Å². The Morgan fingerprint density at radius 1 is 0.767 bits per heavy atom. The lowest BCUT2D eigenvalue weighted by Gasteiger charge is -2.37. The molecule has 1 aliphatic rings. The Morgan fingerprint density at radius 3 is 1.93 bits per heavy atom. The van der Waals surface area contributed by atoms with E-state index in [9.17, 15) is 10.1 Å². The van der Waals surface area contributed by atoms with Gasteiger partial charge in [0.1, 0.15) is 5.54 Å². The van der Waals surface area contributed by atoms with E-state index in [1.807, 2.05) is 115 Å². The minimum atomic E-state index is -1.05. The molecule has 0 saturated carbocycles. The monoisotopic (exact) mass is 569 g/mol. The number of nitrogens with zero attached hydrogens (tertiary/aromatic N) is 3. The Morgan fingerprint density at radius 2 is 1.35 bits per heavy atom. The largest absolute Gasteiger partial charge is 0.454 e. The number of nitro groups is 1. The number of halogens is 1. The average molecular weight is 570 g/mol. The maximum Gasteiger partial charge on any atom is 0.305 e. The van der Waals surface area contributed by atoms with Crippen molar-refractivity contribution in [3.8, 4) is 11.5 Å². The first-order chi connectivity index (χ1) is 21.1. The summed E-state index contributed by atoms with van der Waals surface area (Å²) in [5.41, 5.74) is 2.69. The Balaban J connectivity index is 1.55. The number of hydrogen-bond donors (Lipinski definition) is 0. The van der Waals surface area contributed by atoms with Gasteiger partial charge in [-0.1, -0.05) is 103 Å². The highest BCUT2D eigenvalue weighted by Crippen LogP contribution is 2.43. The molecule has 0 atom stereocenters. The lowest BCUT2D eigenvalue weighted by molar-refractivity contribution is -0.387. The maximum absolute atomic E-state index is 15.4. The van der Waals surface area contributed by atoms with Crippen LogP contribution in [0.25, 0.3) is 23.1 Å². The maximum atomic E-state index is 15.4. The van der Waals surface area contributed by atoms with Gasteiger partial charge in [-0.2, -0.15) is 9.49 Å². The standard InChI is InChI=1S/C35H24FN3O4/c36-29-22-31-28(21-32(29)39(40)41)30(18-16-24-17-19-33-34(20-24)43-23-42-33)37-38(31)35(25-10-4-1-5-11-25,26-12-6-2-7-13-26)27-14-8-3-9-15-27/h1-22H,23H2/b18-16+. The lowest BCUT2D eigenvalue weighted by Crippen LogP contribution is -2.38. The second-order valence-corrected chi connectivity index (χ2v) is 10.1. The summed E-state index contributed by atoms with van der Waals surface area (Å²) in [6.45, 7) is 0.160. The van der Waals surface area contributed by atoms with E-state index in [1.165, 1.54) is 12.1 Å². The van der Waals surface area contributed by atoms with E-state index >= 15 is 4.39 Å². The molecule has 210 valence electrons. The van der Waals surface area contributed by atoms with E-state index in [1.54, 1.807) is 10.8 Å². The molecule has 7 nitrogen and oxygen atoms in total. The van der Waals surface area contributed by atoms with Crippen LogP contribution in [0, 0.1) is 15.9 Å². The molecular formula is C35H24FN3O4. The first kappa shape index (κ1) is 26.2. The molecule has 0 radical (unpaired) electrons. The van der Waals surface area contributed by atoms with Crippen molar-refractivity contribution < 1.29 is 18.8 Å². The predicted molar refractivity (Wildman–Crippen MR) is 162 cm³/mol. The van der Waals surface area contributed by atoms with Crippen molar-refractivity contribution in [1.82, 2.24) is 9.78 Å². The first-order valence-corrected chi connectivity index (χ1v) is 13.7. The first-order valence-electron chi connectivity index (χ1n) is 13.7. The summed E-state index contributed by atoms with van der Waals surface area (Å²) < 4.78 is 28.1. The Bertz CT molecular complexity index is 1890. The van der Waals surface area contributed by atoms with Crippen molar-refractivity contribution in [2.24, 2.45) is 0 Å². The van der Waals surface area contributed by atoms with Crippen molar-refractivity contribution in [1.29, 1.82) is 0 Å². The fourth-order valence-corrected chi connectivity index (χ4v) is 5.76. The van der Waals surface area contributed by atoms with Gasteiger partial charge in [-0.3, -0.25) is 10.1 Å². The third kappa shape index (κ3) is 4.40. The number of fused-ring (bicyclic) bond motifs is 2. The highest BCUT2D eigenvalue weighted by Gasteiger charge is 2.41. The molecule has 0 aliphatic carbocycles. The summed E-state index contributed by atoms with van der Waals surface area (Å²) in [5.74, 6) is 0.357. The fraction of sp³-hybridized carbons (Fsp3) is 0.0571.